The lowest BCUT2D eigenvalue weighted by molar-refractivity contribution is 0.355. The monoisotopic (exact) mass is 179 g/mol. The molecule has 3 heteroatoms. The van der Waals surface area contributed by atoms with Crippen LogP contribution >= 0.6 is 0 Å². The largest absolute Gasteiger partial charge is 0.493 e. The lowest BCUT2D eigenvalue weighted by atomic mass is 10.1. The van der Waals surface area contributed by atoms with Crippen molar-refractivity contribution in [2.24, 2.45) is 5.73 Å². The summed E-state index contributed by atoms with van der Waals surface area (Å²) in [5, 5.41) is 0. The Kier molecular flexibility index (Phi) is 2.80. The topological polar surface area (TPSA) is 44.5 Å². The number of rotatable bonds is 3. The Morgan fingerprint density at radius 2 is 1.85 bits per heavy atom. The third kappa shape index (κ3) is 1.93. The molecule has 1 aromatic rings. The van der Waals surface area contributed by atoms with E-state index in [1.807, 2.05) is 6.07 Å². The first-order chi connectivity index (χ1) is 6.19. The van der Waals surface area contributed by atoms with E-state index in [9.17, 15) is 0 Å². The molecule has 0 unspecified atom stereocenters. The Balaban J connectivity index is 3.13. The number of nitrogens with two attached hydrogens (primary N) is 1. The average Bonchev–Trinajstić information content (AvgIpc) is 2.16. The standard InChI is InChI=1S/C10H13NO2/c1-7(11)8-4-5-9(12-2)10(6-8)13-3/h4-6H,1,11H2,2-3H3. The maximum Gasteiger partial charge on any atom is 0.161 e. The van der Waals surface area contributed by atoms with Gasteiger partial charge in [0.2, 0.25) is 0 Å². The van der Waals surface area contributed by atoms with E-state index in [4.69, 9.17) is 15.2 Å². The van der Waals surface area contributed by atoms with Gasteiger partial charge in [0.25, 0.3) is 0 Å². The average molecular weight is 179 g/mol. The van der Waals surface area contributed by atoms with Gasteiger partial charge >= 0.3 is 0 Å². The molecule has 70 valence electrons. The van der Waals surface area contributed by atoms with Crippen LogP contribution in [-0.4, -0.2) is 14.2 Å². The summed E-state index contributed by atoms with van der Waals surface area (Å²) in [4.78, 5) is 0. The van der Waals surface area contributed by atoms with Gasteiger partial charge in [0, 0.05) is 11.3 Å². The van der Waals surface area contributed by atoms with Crippen molar-refractivity contribution in [3.05, 3.63) is 30.3 Å². The Hall–Kier alpha value is -1.64. The second-order valence-corrected chi connectivity index (χ2v) is 2.60. The van der Waals surface area contributed by atoms with Crippen LogP contribution in [0.5, 0.6) is 11.5 Å². The van der Waals surface area contributed by atoms with Crippen LogP contribution in [0.3, 0.4) is 0 Å². The summed E-state index contributed by atoms with van der Waals surface area (Å²) in [6.45, 7) is 3.64. The second-order valence-electron chi connectivity index (χ2n) is 2.60. The summed E-state index contributed by atoms with van der Waals surface area (Å²) in [5.41, 5.74) is 6.90. The van der Waals surface area contributed by atoms with Gasteiger partial charge < -0.3 is 15.2 Å². The van der Waals surface area contributed by atoms with Crippen LogP contribution in [-0.2, 0) is 0 Å². The Bertz CT molecular complexity index is 321. The highest BCUT2D eigenvalue weighted by molar-refractivity contribution is 5.63. The zero-order valence-electron chi connectivity index (χ0n) is 7.83. The first-order valence-corrected chi connectivity index (χ1v) is 3.86. The molecule has 1 aromatic carbocycles. The molecule has 0 radical (unpaired) electrons. The van der Waals surface area contributed by atoms with E-state index in [-0.39, 0.29) is 0 Å². The highest BCUT2D eigenvalue weighted by Crippen LogP contribution is 2.28. The van der Waals surface area contributed by atoms with Crippen LogP contribution < -0.4 is 15.2 Å². The fraction of sp³-hybridized carbons (Fsp3) is 0.200. The summed E-state index contributed by atoms with van der Waals surface area (Å²) in [6.07, 6.45) is 0. The molecule has 0 saturated heterocycles. The molecule has 0 atom stereocenters. The van der Waals surface area contributed by atoms with Gasteiger partial charge in [-0.3, -0.25) is 0 Å². The minimum Gasteiger partial charge on any atom is -0.493 e. The lowest BCUT2D eigenvalue weighted by Gasteiger charge is -2.08. The molecule has 0 aliphatic rings. The van der Waals surface area contributed by atoms with E-state index in [2.05, 4.69) is 6.58 Å². The Labute approximate surface area is 77.8 Å². The van der Waals surface area contributed by atoms with Crippen molar-refractivity contribution in [2.75, 3.05) is 14.2 Å². The third-order valence-electron chi connectivity index (χ3n) is 1.75. The molecule has 0 aliphatic carbocycles. The number of hydrogen-bond acceptors (Lipinski definition) is 3. The molecule has 0 saturated carbocycles. The quantitative estimate of drug-likeness (QED) is 0.767. The highest BCUT2D eigenvalue weighted by atomic mass is 16.5. The van der Waals surface area contributed by atoms with E-state index in [1.54, 1.807) is 26.4 Å². The van der Waals surface area contributed by atoms with Crippen LogP contribution in [0, 0.1) is 0 Å². The smallest absolute Gasteiger partial charge is 0.161 e. The van der Waals surface area contributed by atoms with E-state index in [1.165, 1.54) is 0 Å². The number of methoxy groups -OCH3 is 2. The molecular formula is C10H13NO2. The van der Waals surface area contributed by atoms with E-state index in [0.717, 1.165) is 5.56 Å². The molecule has 0 spiro atoms. The molecule has 0 fully saturated rings. The van der Waals surface area contributed by atoms with E-state index >= 15 is 0 Å². The van der Waals surface area contributed by atoms with Crippen molar-refractivity contribution in [1.29, 1.82) is 0 Å². The Morgan fingerprint density at radius 1 is 1.23 bits per heavy atom. The number of benzene rings is 1. The first-order valence-electron chi connectivity index (χ1n) is 3.86. The van der Waals surface area contributed by atoms with Gasteiger partial charge in [-0.1, -0.05) is 6.58 Å². The summed E-state index contributed by atoms with van der Waals surface area (Å²) >= 11 is 0. The van der Waals surface area contributed by atoms with Crippen molar-refractivity contribution in [3.63, 3.8) is 0 Å². The van der Waals surface area contributed by atoms with Crippen molar-refractivity contribution >= 4 is 5.70 Å². The molecule has 0 bridgehead atoms. The van der Waals surface area contributed by atoms with Crippen LogP contribution in [0.4, 0.5) is 0 Å². The molecule has 1 rings (SSSR count). The highest BCUT2D eigenvalue weighted by Gasteiger charge is 2.04. The van der Waals surface area contributed by atoms with Crippen LogP contribution in [0.1, 0.15) is 5.56 Å². The number of ether oxygens (including phenoxy) is 2. The number of hydrogen-bond donors (Lipinski definition) is 1. The SMILES string of the molecule is C=C(N)c1ccc(OC)c(OC)c1. The summed E-state index contributed by atoms with van der Waals surface area (Å²) in [5.74, 6) is 1.35. The molecule has 0 amide bonds. The molecular weight excluding hydrogens is 166 g/mol. The minimum absolute atomic E-state index is 0.515. The fourth-order valence-corrected chi connectivity index (χ4v) is 1.04. The van der Waals surface area contributed by atoms with Crippen LogP contribution in [0.25, 0.3) is 5.70 Å². The third-order valence-corrected chi connectivity index (χ3v) is 1.75. The van der Waals surface area contributed by atoms with E-state index < -0.39 is 0 Å². The normalized spacial score (nSPS) is 9.38. The fourth-order valence-electron chi connectivity index (χ4n) is 1.04. The zero-order chi connectivity index (χ0) is 9.84. The van der Waals surface area contributed by atoms with Crippen LogP contribution in [0.15, 0.2) is 24.8 Å². The predicted molar refractivity (Wildman–Crippen MR) is 52.8 cm³/mol. The maximum atomic E-state index is 5.54. The summed E-state index contributed by atoms with van der Waals surface area (Å²) in [7, 11) is 3.18. The van der Waals surface area contributed by atoms with Gasteiger partial charge in [-0.25, -0.2) is 0 Å². The maximum absolute atomic E-state index is 5.54. The van der Waals surface area contributed by atoms with Gasteiger partial charge in [0.15, 0.2) is 11.5 Å². The van der Waals surface area contributed by atoms with Gasteiger partial charge in [0.1, 0.15) is 0 Å². The van der Waals surface area contributed by atoms with Crippen molar-refractivity contribution in [2.45, 2.75) is 0 Å². The molecule has 13 heavy (non-hydrogen) atoms. The van der Waals surface area contributed by atoms with Crippen molar-refractivity contribution in [1.82, 2.24) is 0 Å². The van der Waals surface area contributed by atoms with Gasteiger partial charge in [-0.05, 0) is 18.2 Å². The second kappa shape index (κ2) is 3.85. The van der Waals surface area contributed by atoms with Gasteiger partial charge in [0.05, 0.1) is 14.2 Å². The summed E-state index contributed by atoms with van der Waals surface area (Å²) < 4.78 is 10.2. The minimum atomic E-state index is 0.515. The summed E-state index contributed by atoms with van der Waals surface area (Å²) in [6, 6.07) is 5.43. The van der Waals surface area contributed by atoms with Crippen molar-refractivity contribution < 1.29 is 9.47 Å². The predicted octanol–water partition coefficient (Wildman–Crippen LogP) is 1.63. The zero-order valence-corrected chi connectivity index (χ0v) is 7.83. The van der Waals surface area contributed by atoms with E-state index in [0.29, 0.717) is 17.2 Å². The first kappa shape index (κ1) is 9.45. The molecule has 0 heterocycles. The molecule has 2 N–H and O–H groups in total. The molecule has 0 aromatic heterocycles. The van der Waals surface area contributed by atoms with Crippen LogP contribution in [0.2, 0.25) is 0 Å². The van der Waals surface area contributed by atoms with Crippen molar-refractivity contribution in [3.8, 4) is 11.5 Å². The lowest BCUT2D eigenvalue weighted by Crippen LogP contribution is -1.96. The Morgan fingerprint density at radius 3 is 2.31 bits per heavy atom. The van der Waals surface area contributed by atoms with Gasteiger partial charge in [-0.2, -0.15) is 0 Å². The molecule has 3 nitrogen and oxygen atoms in total. The molecule has 0 aliphatic heterocycles. The van der Waals surface area contributed by atoms with Gasteiger partial charge in [-0.15, -0.1) is 0 Å².